The third-order valence-electron chi connectivity index (χ3n) is 7.39. The van der Waals surface area contributed by atoms with Gasteiger partial charge in [0.1, 0.15) is 5.60 Å². The monoisotopic (exact) mass is 547 g/mol. The van der Waals surface area contributed by atoms with Crippen LogP contribution in [-0.2, 0) is 21.5 Å². The average molecular weight is 548 g/mol. The van der Waals surface area contributed by atoms with E-state index in [0.29, 0.717) is 32.4 Å². The summed E-state index contributed by atoms with van der Waals surface area (Å²) in [5.74, 6) is 0.184. The highest BCUT2D eigenvalue weighted by atomic mass is 16.6. The number of aromatic nitrogens is 2. The van der Waals surface area contributed by atoms with Crippen LogP contribution in [0, 0.1) is 0 Å². The van der Waals surface area contributed by atoms with Gasteiger partial charge in [-0.2, -0.15) is 9.78 Å². The molecule has 1 aromatic heterocycles. The molecule has 41 heavy (non-hydrogen) atoms. The molecule has 0 spiro atoms. The van der Waals surface area contributed by atoms with Crippen LogP contribution in [0.15, 0.2) is 115 Å². The summed E-state index contributed by atoms with van der Waals surface area (Å²) in [4.78, 5) is 27.9. The number of likely N-dealkylation sites (tertiary alicyclic amines) is 1. The normalized spacial score (nSPS) is 15.7. The molecule has 1 aliphatic heterocycles. The van der Waals surface area contributed by atoms with Crippen molar-refractivity contribution in [3.05, 3.63) is 137 Å². The first-order valence-electron chi connectivity index (χ1n) is 14.2. The molecule has 0 amide bonds. The number of hydrogen-bond donors (Lipinski definition) is 0. The van der Waals surface area contributed by atoms with Crippen molar-refractivity contribution in [2.24, 2.45) is 0 Å². The zero-order chi connectivity index (χ0) is 28.9. The lowest BCUT2D eigenvalue weighted by Crippen LogP contribution is -2.52. The second-order valence-corrected chi connectivity index (χ2v) is 11.4. The number of carbonyl (C=O) groups excluding carboxylic acids is 2. The zero-order valence-electron chi connectivity index (χ0n) is 24.0. The summed E-state index contributed by atoms with van der Waals surface area (Å²) in [6, 6.07) is 33.5. The van der Waals surface area contributed by atoms with Gasteiger partial charge < -0.3 is 4.74 Å². The van der Waals surface area contributed by atoms with Gasteiger partial charge in [-0.1, -0.05) is 97.1 Å². The van der Waals surface area contributed by atoms with Gasteiger partial charge in [0, 0.05) is 31.3 Å². The highest BCUT2D eigenvalue weighted by Gasteiger charge is 2.44. The van der Waals surface area contributed by atoms with Gasteiger partial charge in [-0.15, -0.1) is 0 Å². The van der Waals surface area contributed by atoms with Gasteiger partial charge in [-0.05, 0) is 56.4 Å². The summed E-state index contributed by atoms with van der Waals surface area (Å²) in [6.07, 6.45) is 4.89. The fraction of sp³-hybridized carbons (Fsp3) is 0.286. The summed E-state index contributed by atoms with van der Waals surface area (Å²) in [7, 11) is 0. The Labute approximate surface area is 242 Å². The lowest BCUT2D eigenvalue weighted by Gasteiger charge is -2.47. The number of Topliss-reactive ketones (excluding diaryl/α,β-unsaturated/α-hetero) is 1. The van der Waals surface area contributed by atoms with E-state index >= 15 is 0 Å². The minimum atomic E-state index is -0.588. The van der Waals surface area contributed by atoms with Gasteiger partial charge in [0.05, 0.1) is 11.2 Å². The number of piperidine rings is 1. The second kappa shape index (κ2) is 12.1. The largest absolute Gasteiger partial charge is 0.442 e. The fourth-order valence-corrected chi connectivity index (χ4v) is 5.62. The standard InChI is InChI=1S/C35H37N3O3/c1-34(2,3)41-33(40)38-25-22-31(36-38)21-13-14-27-26-37(24-23-32(27)39)35(28-15-7-4-8-16-28,29-17-9-5-10-18-29)30-19-11-6-12-20-30/h4-12,14-20,22,25H,13,21,23-24,26H2,1-3H3/b27-14-. The number of aryl methyl sites for hydroxylation is 1. The third kappa shape index (κ3) is 6.23. The van der Waals surface area contributed by atoms with Crippen LogP contribution in [-0.4, -0.2) is 45.2 Å². The molecule has 3 aromatic carbocycles. The number of carbonyl (C=O) groups is 2. The van der Waals surface area contributed by atoms with Gasteiger partial charge in [0.15, 0.2) is 5.78 Å². The number of benzene rings is 3. The van der Waals surface area contributed by atoms with Crippen LogP contribution in [0.5, 0.6) is 0 Å². The molecule has 0 bridgehead atoms. The number of ketones is 1. The summed E-state index contributed by atoms with van der Waals surface area (Å²) in [5.41, 5.74) is 3.94. The quantitative estimate of drug-likeness (QED) is 0.188. The molecule has 0 N–H and O–H groups in total. The molecule has 0 saturated carbocycles. The molecule has 1 aliphatic rings. The van der Waals surface area contributed by atoms with Gasteiger partial charge in [-0.25, -0.2) is 4.79 Å². The second-order valence-electron chi connectivity index (χ2n) is 11.4. The minimum absolute atomic E-state index is 0.184. The maximum Gasteiger partial charge on any atom is 0.435 e. The molecule has 0 atom stereocenters. The molecule has 0 unspecified atom stereocenters. The highest BCUT2D eigenvalue weighted by molar-refractivity contribution is 5.96. The SMILES string of the molecule is CC(C)(C)OC(=O)n1ccc(CC/C=C2/CN(C(c3ccccc3)(c3ccccc3)c3ccccc3)CCC2=O)n1. The third-order valence-corrected chi connectivity index (χ3v) is 7.39. The first kappa shape index (κ1) is 28.2. The maximum absolute atomic E-state index is 13.2. The molecule has 6 nitrogen and oxygen atoms in total. The molecule has 0 aliphatic carbocycles. The Morgan fingerprint density at radius 1 is 0.854 bits per heavy atom. The van der Waals surface area contributed by atoms with E-state index in [4.69, 9.17) is 4.74 Å². The van der Waals surface area contributed by atoms with Gasteiger partial charge in [0.25, 0.3) is 0 Å². The Bertz CT molecular complexity index is 1410. The molecular formula is C35H37N3O3. The van der Waals surface area contributed by atoms with E-state index in [2.05, 4.69) is 82.8 Å². The van der Waals surface area contributed by atoms with Crippen LogP contribution in [0.3, 0.4) is 0 Å². The molecule has 0 radical (unpaired) electrons. The highest BCUT2D eigenvalue weighted by Crippen LogP contribution is 2.43. The Kier molecular flexibility index (Phi) is 8.31. The maximum atomic E-state index is 13.2. The van der Waals surface area contributed by atoms with Crippen LogP contribution in [0.25, 0.3) is 0 Å². The smallest absolute Gasteiger partial charge is 0.435 e. The van der Waals surface area contributed by atoms with Crippen LogP contribution in [0.2, 0.25) is 0 Å². The Morgan fingerprint density at radius 2 is 1.39 bits per heavy atom. The van der Waals surface area contributed by atoms with Crippen molar-refractivity contribution in [3.63, 3.8) is 0 Å². The van der Waals surface area contributed by atoms with E-state index in [1.807, 2.05) is 51.1 Å². The van der Waals surface area contributed by atoms with Gasteiger partial charge in [-0.3, -0.25) is 9.69 Å². The number of allylic oxidation sites excluding steroid dienone is 1. The zero-order valence-corrected chi connectivity index (χ0v) is 24.0. The average Bonchev–Trinajstić information content (AvgIpc) is 3.45. The van der Waals surface area contributed by atoms with Crippen molar-refractivity contribution in [1.82, 2.24) is 14.7 Å². The molecule has 4 aromatic rings. The van der Waals surface area contributed by atoms with E-state index < -0.39 is 17.2 Å². The van der Waals surface area contributed by atoms with Crippen molar-refractivity contribution < 1.29 is 14.3 Å². The number of ether oxygens (including phenoxy) is 1. The Morgan fingerprint density at radius 3 is 1.90 bits per heavy atom. The predicted octanol–water partition coefficient (Wildman–Crippen LogP) is 6.79. The number of rotatable bonds is 7. The van der Waals surface area contributed by atoms with E-state index in [0.717, 1.165) is 11.3 Å². The topological polar surface area (TPSA) is 64.4 Å². The lowest BCUT2D eigenvalue weighted by atomic mass is 9.74. The van der Waals surface area contributed by atoms with Crippen LogP contribution >= 0.6 is 0 Å². The molecule has 210 valence electrons. The Hall–Kier alpha value is -4.29. The molecule has 2 heterocycles. The number of hydrogen-bond acceptors (Lipinski definition) is 5. The lowest BCUT2D eigenvalue weighted by molar-refractivity contribution is -0.118. The Balaban J connectivity index is 1.44. The van der Waals surface area contributed by atoms with E-state index in [1.165, 1.54) is 21.4 Å². The van der Waals surface area contributed by atoms with E-state index in [-0.39, 0.29) is 5.78 Å². The predicted molar refractivity (Wildman–Crippen MR) is 161 cm³/mol. The summed E-state index contributed by atoms with van der Waals surface area (Å²) in [5, 5.41) is 4.39. The fourth-order valence-electron chi connectivity index (χ4n) is 5.62. The van der Waals surface area contributed by atoms with E-state index in [9.17, 15) is 9.59 Å². The van der Waals surface area contributed by atoms with Gasteiger partial charge >= 0.3 is 6.09 Å². The van der Waals surface area contributed by atoms with Gasteiger partial charge in [0.2, 0.25) is 0 Å². The summed E-state index contributed by atoms with van der Waals surface area (Å²) >= 11 is 0. The molecule has 5 rings (SSSR count). The van der Waals surface area contributed by atoms with Crippen LogP contribution < -0.4 is 0 Å². The van der Waals surface area contributed by atoms with Crippen LogP contribution in [0.4, 0.5) is 4.79 Å². The first-order valence-corrected chi connectivity index (χ1v) is 14.2. The van der Waals surface area contributed by atoms with E-state index in [1.54, 1.807) is 6.20 Å². The summed E-state index contributed by atoms with van der Waals surface area (Å²) < 4.78 is 6.63. The molecule has 1 saturated heterocycles. The minimum Gasteiger partial charge on any atom is -0.442 e. The molecular weight excluding hydrogens is 510 g/mol. The molecule has 1 fully saturated rings. The summed E-state index contributed by atoms with van der Waals surface area (Å²) in [6.45, 7) is 6.66. The molecule has 6 heteroatoms. The van der Waals surface area contributed by atoms with Crippen LogP contribution in [0.1, 0.15) is 56.0 Å². The number of nitrogens with zero attached hydrogens (tertiary/aromatic N) is 3. The van der Waals surface area contributed by atoms with Crippen molar-refractivity contribution in [3.8, 4) is 0 Å². The van der Waals surface area contributed by atoms with Crippen molar-refractivity contribution in [2.45, 2.75) is 51.2 Å². The van der Waals surface area contributed by atoms with Crippen molar-refractivity contribution in [1.29, 1.82) is 0 Å². The van der Waals surface area contributed by atoms with Crippen molar-refractivity contribution in [2.75, 3.05) is 13.1 Å². The first-order chi connectivity index (χ1) is 19.8. The van der Waals surface area contributed by atoms with Crippen molar-refractivity contribution >= 4 is 11.9 Å².